The number of carbonyl (C=O) groups excluding carboxylic acids is 1. The number of thiazole rings is 1. The number of ether oxygens (including phenoxy) is 1. The summed E-state index contributed by atoms with van der Waals surface area (Å²) in [6.45, 7) is 2.00. The van der Waals surface area contributed by atoms with Crippen LogP contribution in [0.1, 0.15) is 22.6 Å². The molecule has 0 fully saturated rings. The Balaban J connectivity index is 1.50. The molecule has 1 aromatic heterocycles. The van der Waals surface area contributed by atoms with Crippen molar-refractivity contribution in [2.24, 2.45) is 5.92 Å². The lowest BCUT2D eigenvalue weighted by Gasteiger charge is -2.21. The molecular weight excluding hydrogens is 356 g/mol. The number of benzene rings is 2. The highest BCUT2D eigenvalue weighted by molar-refractivity contribution is 7.15. The monoisotopic (exact) mass is 378 g/mol. The number of nitrogens with zero attached hydrogens (tertiary/aromatic N) is 1. The minimum Gasteiger partial charge on any atom is -0.495 e. The number of methoxy groups -OCH3 is 1. The Morgan fingerprint density at radius 1 is 1.22 bits per heavy atom. The minimum absolute atomic E-state index is 0.0354. The van der Waals surface area contributed by atoms with Crippen molar-refractivity contribution in [2.75, 3.05) is 12.4 Å². The molecule has 1 aliphatic carbocycles. The third-order valence-corrected chi connectivity index (χ3v) is 6.11. The molecule has 2 aromatic carbocycles. The second-order valence-corrected chi connectivity index (χ2v) is 7.97. The molecule has 5 heteroatoms. The van der Waals surface area contributed by atoms with E-state index in [9.17, 15) is 4.79 Å². The Morgan fingerprint density at radius 2 is 2.04 bits per heavy atom. The van der Waals surface area contributed by atoms with E-state index in [4.69, 9.17) is 9.72 Å². The number of aromatic nitrogens is 1. The molecule has 1 unspecified atom stereocenters. The van der Waals surface area contributed by atoms with Gasteiger partial charge in [-0.15, -0.1) is 11.3 Å². The van der Waals surface area contributed by atoms with Crippen molar-refractivity contribution in [2.45, 2.75) is 26.2 Å². The van der Waals surface area contributed by atoms with Crippen LogP contribution in [-0.4, -0.2) is 18.0 Å². The molecule has 3 aromatic rings. The molecule has 1 atom stereocenters. The van der Waals surface area contributed by atoms with Crippen LogP contribution >= 0.6 is 11.3 Å². The Kier molecular flexibility index (Phi) is 4.94. The Morgan fingerprint density at radius 3 is 2.81 bits per heavy atom. The van der Waals surface area contributed by atoms with Crippen LogP contribution in [0, 0.1) is 12.8 Å². The molecule has 0 bridgehead atoms. The highest BCUT2D eigenvalue weighted by Gasteiger charge is 2.28. The summed E-state index contributed by atoms with van der Waals surface area (Å²) in [5, 5.41) is 4.11. The average Bonchev–Trinajstić information content (AvgIpc) is 3.12. The first-order chi connectivity index (χ1) is 13.1. The van der Waals surface area contributed by atoms with E-state index in [1.54, 1.807) is 18.4 Å². The second kappa shape index (κ2) is 7.53. The summed E-state index contributed by atoms with van der Waals surface area (Å²) in [6.07, 6.45) is 2.42. The highest BCUT2D eigenvalue weighted by Crippen LogP contribution is 2.35. The Labute approximate surface area is 163 Å². The molecular formula is C22H22N2O2S. The second-order valence-electron chi connectivity index (χ2n) is 6.89. The van der Waals surface area contributed by atoms with Gasteiger partial charge in [0.15, 0.2) is 0 Å². The molecule has 1 aliphatic rings. The van der Waals surface area contributed by atoms with Gasteiger partial charge < -0.3 is 10.1 Å². The molecule has 1 amide bonds. The maximum Gasteiger partial charge on any atom is 0.227 e. The predicted molar refractivity (Wildman–Crippen MR) is 109 cm³/mol. The van der Waals surface area contributed by atoms with Crippen LogP contribution in [0.2, 0.25) is 0 Å². The quantitative estimate of drug-likeness (QED) is 0.705. The largest absolute Gasteiger partial charge is 0.495 e. The van der Waals surface area contributed by atoms with E-state index >= 15 is 0 Å². The highest BCUT2D eigenvalue weighted by atomic mass is 32.1. The van der Waals surface area contributed by atoms with Crippen LogP contribution in [0.15, 0.2) is 48.5 Å². The summed E-state index contributed by atoms with van der Waals surface area (Å²) in [5.41, 5.74) is 4.12. The lowest BCUT2D eigenvalue weighted by Crippen LogP contribution is -2.27. The first-order valence-corrected chi connectivity index (χ1v) is 9.95. The van der Waals surface area contributed by atoms with E-state index in [0.29, 0.717) is 5.75 Å². The maximum atomic E-state index is 12.9. The molecule has 138 valence electrons. The van der Waals surface area contributed by atoms with Crippen molar-refractivity contribution in [1.82, 2.24) is 4.98 Å². The Bertz CT molecular complexity index is 966. The third kappa shape index (κ3) is 3.74. The molecule has 0 spiro atoms. The first kappa shape index (κ1) is 17.7. The van der Waals surface area contributed by atoms with E-state index in [0.717, 1.165) is 46.8 Å². The summed E-state index contributed by atoms with van der Waals surface area (Å²) in [6, 6.07) is 16.0. The van der Waals surface area contributed by atoms with Gasteiger partial charge in [0.1, 0.15) is 10.8 Å². The van der Waals surface area contributed by atoms with E-state index < -0.39 is 0 Å². The predicted octanol–water partition coefficient (Wildman–Crippen LogP) is 4.87. The van der Waals surface area contributed by atoms with Crippen LogP contribution in [-0.2, 0) is 17.6 Å². The first-order valence-electron chi connectivity index (χ1n) is 9.13. The van der Waals surface area contributed by atoms with Crippen molar-refractivity contribution in [3.8, 4) is 16.3 Å². The average molecular weight is 378 g/mol. The number of amides is 1. The van der Waals surface area contributed by atoms with Gasteiger partial charge in [0.2, 0.25) is 5.91 Å². The normalized spacial score (nSPS) is 15.9. The van der Waals surface area contributed by atoms with Gasteiger partial charge in [-0.05, 0) is 43.9 Å². The molecule has 0 radical (unpaired) electrons. The fourth-order valence-corrected chi connectivity index (χ4v) is 4.65. The SMILES string of the molecule is COc1ccc(C)cc1NC(=O)C1CCc2nc(-c3ccccc3)sc2C1. The molecule has 27 heavy (non-hydrogen) atoms. The zero-order valence-corrected chi connectivity index (χ0v) is 16.3. The lowest BCUT2D eigenvalue weighted by atomic mass is 9.90. The number of anilines is 1. The van der Waals surface area contributed by atoms with Gasteiger partial charge in [-0.3, -0.25) is 4.79 Å². The zero-order chi connectivity index (χ0) is 18.8. The van der Waals surface area contributed by atoms with E-state index in [1.807, 2.05) is 43.3 Å². The fraction of sp³-hybridized carbons (Fsp3) is 0.273. The van der Waals surface area contributed by atoms with Crippen LogP contribution in [0.4, 0.5) is 5.69 Å². The molecule has 1 N–H and O–H groups in total. The number of fused-ring (bicyclic) bond motifs is 1. The van der Waals surface area contributed by atoms with Gasteiger partial charge in [-0.25, -0.2) is 4.98 Å². The van der Waals surface area contributed by atoms with Crippen LogP contribution in [0.5, 0.6) is 5.75 Å². The van der Waals surface area contributed by atoms with Crippen LogP contribution in [0.25, 0.3) is 10.6 Å². The van der Waals surface area contributed by atoms with Crippen molar-refractivity contribution >= 4 is 22.9 Å². The smallest absolute Gasteiger partial charge is 0.227 e. The van der Waals surface area contributed by atoms with Crippen molar-refractivity contribution in [1.29, 1.82) is 0 Å². The molecule has 0 saturated carbocycles. The molecule has 4 rings (SSSR count). The summed E-state index contributed by atoms with van der Waals surface area (Å²) in [4.78, 5) is 18.9. The van der Waals surface area contributed by atoms with Gasteiger partial charge in [-0.2, -0.15) is 0 Å². The minimum atomic E-state index is -0.0354. The molecule has 4 nitrogen and oxygen atoms in total. The standard InChI is InChI=1S/C22H22N2O2S/c1-14-8-11-19(26-2)18(12-14)23-21(25)16-9-10-17-20(13-16)27-22(24-17)15-6-4-3-5-7-15/h3-8,11-12,16H,9-10,13H2,1-2H3,(H,23,25). The summed E-state index contributed by atoms with van der Waals surface area (Å²) >= 11 is 1.71. The van der Waals surface area contributed by atoms with Crippen molar-refractivity contribution in [3.63, 3.8) is 0 Å². The van der Waals surface area contributed by atoms with Crippen molar-refractivity contribution in [3.05, 3.63) is 64.7 Å². The van der Waals surface area contributed by atoms with Crippen LogP contribution < -0.4 is 10.1 Å². The van der Waals surface area contributed by atoms with Crippen molar-refractivity contribution < 1.29 is 9.53 Å². The number of hydrogen-bond acceptors (Lipinski definition) is 4. The number of nitrogens with one attached hydrogen (secondary N) is 1. The molecule has 1 heterocycles. The lowest BCUT2D eigenvalue weighted by molar-refractivity contribution is -0.120. The molecule has 0 aliphatic heterocycles. The fourth-order valence-electron chi connectivity index (χ4n) is 3.46. The van der Waals surface area contributed by atoms with Gasteiger partial charge in [0.05, 0.1) is 18.5 Å². The summed E-state index contributed by atoms with van der Waals surface area (Å²) in [5.74, 6) is 0.709. The van der Waals surface area contributed by atoms with Crippen LogP contribution in [0.3, 0.4) is 0 Å². The number of hydrogen-bond donors (Lipinski definition) is 1. The maximum absolute atomic E-state index is 12.9. The summed E-state index contributed by atoms with van der Waals surface area (Å²) < 4.78 is 5.37. The Hall–Kier alpha value is -2.66. The van der Waals surface area contributed by atoms with Gasteiger partial charge in [0.25, 0.3) is 0 Å². The zero-order valence-electron chi connectivity index (χ0n) is 15.5. The summed E-state index contributed by atoms with van der Waals surface area (Å²) in [7, 11) is 1.62. The third-order valence-electron chi connectivity index (χ3n) is 4.94. The number of rotatable bonds is 4. The topological polar surface area (TPSA) is 51.2 Å². The van der Waals surface area contributed by atoms with E-state index in [-0.39, 0.29) is 11.8 Å². The van der Waals surface area contributed by atoms with Gasteiger partial charge in [-0.1, -0.05) is 36.4 Å². The van der Waals surface area contributed by atoms with E-state index in [2.05, 4.69) is 17.4 Å². The van der Waals surface area contributed by atoms with Gasteiger partial charge in [0, 0.05) is 16.4 Å². The number of aryl methyl sites for hydroxylation is 2. The molecule has 0 saturated heterocycles. The van der Waals surface area contributed by atoms with E-state index in [1.165, 1.54) is 4.88 Å². The van der Waals surface area contributed by atoms with Gasteiger partial charge >= 0.3 is 0 Å². The number of carbonyl (C=O) groups is 1.